The Labute approximate surface area is 159 Å². The largest absolute Gasteiger partial charge is 0.465 e. The quantitative estimate of drug-likeness (QED) is 0.439. The molecule has 144 valence electrons. The zero-order valence-corrected chi connectivity index (χ0v) is 16.1. The van der Waals surface area contributed by atoms with Crippen LogP contribution in [0.25, 0.3) is 0 Å². The molecule has 0 unspecified atom stereocenters. The zero-order chi connectivity index (χ0) is 19.8. The van der Waals surface area contributed by atoms with Gasteiger partial charge in [-0.2, -0.15) is 0 Å². The second-order valence-corrected chi connectivity index (χ2v) is 6.12. The van der Waals surface area contributed by atoms with Gasteiger partial charge >= 0.3 is 5.97 Å². The van der Waals surface area contributed by atoms with Crippen LogP contribution in [0.15, 0.2) is 48.5 Å². The summed E-state index contributed by atoms with van der Waals surface area (Å²) in [5, 5.41) is 11.1. The number of methoxy groups -OCH3 is 1. The Balaban J connectivity index is 0.00000126. The Bertz CT molecular complexity index is 769. The maximum absolute atomic E-state index is 11.9. The molecule has 1 fully saturated rings. The molecule has 1 heterocycles. The highest BCUT2D eigenvalue weighted by Gasteiger charge is 2.25. The smallest absolute Gasteiger partial charge is 0.344 e. The lowest BCUT2D eigenvalue weighted by molar-refractivity contribution is -0.385. The summed E-state index contributed by atoms with van der Waals surface area (Å²) in [6.45, 7) is 5.69. The summed E-state index contributed by atoms with van der Waals surface area (Å²) < 4.78 is 4.68. The fourth-order valence-electron chi connectivity index (χ4n) is 3.35. The molecule has 1 saturated heterocycles. The lowest BCUT2D eigenvalue weighted by Crippen LogP contribution is -2.33. The van der Waals surface area contributed by atoms with Crippen molar-refractivity contribution in [2.75, 3.05) is 25.1 Å². The van der Waals surface area contributed by atoms with Gasteiger partial charge in [-0.3, -0.25) is 10.1 Å². The van der Waals surface area contributed by atoms with Crippen LogP contribution in [0, 0.1) is 10.1 Å². The number of rotatable bonds is 4. The molecule has 6 nitrogen and oxygen atoms in total. The number of esters is 1. The molecule has 0 bridgehead atoms. The SMILES string of the molecule is CC.COC(=O)c1cc(N2CCC(c3ccccc3)CC2)ccc1[N+](=O)[O-]. The second kappa shape index (κ2) is 9.71. The summed E-state index contributed by atoms with van der Waals surface area (Å²) in [7, 11) is 1.23. The van der Waals surface area contributed by atoms with Gasteiger partial charge in [0.15, 0.2) is 0 Å². The summed E-state index contributed by atoms with van der Waals surface area (Å²) >= 11 is 0. The molecule has 0 saturated carbocycles. The van der Waals surface area contributed by atoms with Crippen molar-refractivity contribution in [2.24, 2.45) is 0 Å². The number of hydrogen-bond acceptors (Lipinski definition) is 5. The van der Waals surface area contributed by atoms with Crippen LogP contribution in [0.1, 0.15) is 48.5 Å². The summed E-state index contributed by atoms with van der Waals surface area (Å²) in [5.74, 6) is -0.164. The van der Waals surface area contributed by atoms with E-state index in [9.17, 15) is 14.9 Å². The molecule has 2 aromatic rings. The third-order valence-corrected chi connectivity index (χ3v) is 4.71. The van der Waals surface area contributed by atoms with Crippen molar-refractivity contribution in [1.29, 1.82) is 0 Å². The molecule has 2 aromatic carbocycles. The zero-order valence-electron chi connectivity index (χ0n) is 16.1. The van der Waals surface area contributed by atoms with Gasteiger partial charge in [0.1, 0.15) is 5.56 Å². The van der Waals surface area contributed by atoms with Crippen LogP contribution in [0.2, 0.25) is 0 Å². The van der Waals surface area contributed by atoms with Crippen molar-refractivity contribution in [3.8, 4) is 0 Å². The fraction of sp³-hybridized carbons (Fsp3) is 0.381. The normalized spacial score (nSPS) is 14.1. The molecule has 6 heteroatoms. The van der Waals surface area contributed by atoms with E-state index in [1.54, 1.807) is 12.1 Å². The van der Waals surface area contributed by atoms with Crippen molar-refractivity contribution in [2.45, 2.75) is 32.6 Å². The van der Waals surface area contributed by atoms with Gasteiger partial charge in [-0.25, -0.2) is 4.79 Å². The standard InChI is InChI=1S/C19H20N2O4.C2H6/c1-25-19(22)17-13-16(7-8-18(17)21(23)24)20-11-9-15(10-12-20)14-5-3-2-4-6-14;1-2/h2-8,13,15H,9-12H2,1H3;1-2H3. The molecule has 0 spiro atoms. The third-order valence-electron chi connectivity index (χ3n) is 4.71. The van der Waals surface area contributed by atoms with Gasteiger partial charge in [0.05, 0.1) is 12.0 Å². The molecule has 0 aromatic heterocycles. The van der Waals surface area contributed by atoms with Crippen LogP contribution >= 0.6 is 0 Å². The molecule has 0 atom stereocenters. The fourth-order valence-corrected chi connectivity index (χ4v) is 3.35. The Morgan fingerprint density at radius 2 is 1.74 bits per heavy atom. The van der Waals surface area contributed by atoms with Crippen LogP contribution in [-0.2, 0) is 4.74 Å². The van der Waals surface area contributed by atoms with E-state index in [4.69, 9.17) is 0 Å². The van der Waals surface area contributed by atoms with Gasteiger partial charge in [-0.05, 0) is 36.5 Å². The minimum atomic E-state index is -0.687. The number of piperidine rings is 1. The Morgan fingerprint density at radius 1 is 1.11 bits per heavy atom. The van der Waals surface area contributed by atoms with Crippen molar-refractivity contribution in [3.63, 3.8) is 0 Å². The summed E-state index contributed by atoms with van der Waals surface area (Å²) in [4.78, 5) is 24.6. The van der Waals surface area contributed by atoms with Gasteiger partial charge in [-0.1, -0.05) is 44.2 Å². The average Bonchev–Trinajstić information content (AvgIpc) is 2.75. The van der Waals surface area contributed by atoms with E-state index in [1.165, 1.54) is 18.7 Å². The van der Waals surface area contributed by atoms with Gasteiger partial charge in [0.25, 0.3) is 5.69 Å². The van der Waals surface area contributed by atoms with Crippen molar-refractivity contribution < 1.29 is 14.5 Å². The number of carbonyl (C=O) groups excluding carboxylic acids is 1. The molecule has 1 aliphatic heterocycles. The molecule has 0 aliphatic carbocycles. The number of carbonyl (C=O) groups is 1. The number of ether oxygens (including phenoxy) is 1. The first kappa shape index (κ1) is 20.4. The Morgan fingerprint density at radius 3 is 2.30 bits per heavy atom. The van der Waals surface area contributed by atoms with Crippen LogP contribution in [0.5, 0.6) is 0 Å². The summed E-state index contributed by atoms with van der Waals surface area (Å²) in [6, 6.07) is 15.1. The maximum Gasteiger partial charge on any atom is 0.344 e. The minimum absolute atomic E-state index is 0.00446. The molecule has 27 heavy (non-hydrogen) atoms. The molecule has 3 rings (SSSR count). The first-order valence-corrected chi connectivity index (χ1v) is 9.27. The van der Waals surface area contributed by atoms with E-state index in [0.29, 0.717) is 5.92 Å². The maximum atomic E-state index is 11.9. The first-order chi connectivity index (χ1) is 13.1. The van der Waals surface area contributed by atoms with E-state index < -0.39 is 10.9 Å². The lowest BCUT2D eigenvalue weighted by atomic mass is 9.89. The third kappa shape index (κ3) is 4.84. The summed E-state index contributed by atoms with van der Waals surface area (Å²) in [5.41, 5.74) is 1.93. The number of nitro groups is 1. The molecule has 1 aliphatic rings. The van der Waals surface area contributed by atoms with E-state index >= 15 is 0 Å². The monoisotopic (exact) mass is 370 g/mol. The van der Waals surface area contributed by atoms with E-state index in [2.05, 4.69) is 33.9 Å². The van der Waals surface area contributed by atoms with Crippen LogP contribution in [0.3, 0.4) is 0 Å². The molecular formula is C21H26N2O4. The summed E-state index contributed by atoms with van der Waals surface area (Å²) in [6.07, 6.45) is 2.02. The van der Waals surface area contributed by atoms with Crippen LogP contribution in [0.4, 0.5) is 11.4 Å². The van der Waals surface area contributed by atoms with Crippen LogP contribution in [-0.4, -0.2) is 31.1 Å². The topological polar surface area (TPSA) is 72.7 Å². The van der Waals surface area contributed by atoms with Gasteiger partial charge < -0.3 is 9.64 Å². The second-order valence-electron chi connectivity index (χ2n) is 6.12. The number of hydrogen-bond donors (Lipinski definition) is 0. The van der Waals surface area contributed by atoms with Gasteiger partial charge in [0.2, 0.25) is 0 Å². The number of nitrogens with zero attached hydrogens (tertiary/aromatic N) is 2. The average molecular weight is 370 g/mol. The van der Waals surface area contributed by atoms with E-state index in [0.717, 1.165) is 31.6 Å². The van der Waals surface area contributed by atoms with E-state index in [-0.39, 0.29) is 11.3 Å². The highest BCUT2D eigenvalue weighted by molar-refractivity contribution is 5.95. The predicted octanol–water partition coefficient (Wildman–Crippen LogP) is 4.79. The molecule has 0 N–H and O–H groups in total. The van der Waals surface area contributed by atoms with Gasteiger partial charge in [-0.15, -0.1) is 0 Å². The van der Waals surface area contributed by atoms with Gasteiger partial charge in [0, 0.05) is 24.8 Å². The number of anilines is 1. The van der Waals surface area contributed by atoms with Crippen molar-refractivity contribution in [3.05, 3.63) is 69.8 Å². The first-order valence-electron chi connectivity index (χ1n) is 9.27. The Kier molecular flexibility index (Phi) is 7.34. The highest BCUT2D eigenvalue weighted by atomic mass is 16.6. The number of nitro benzene ring substituents is 1. The highest BCUT2D eigenvalue weighted by Crippen LogP contribution is 2.32. The lowest BCUT2D eigenvalue weighted by Gasteiger charge is -2.34. The minimum Gasteiger partial charge on any atom is -0.465 e. The number of benzene rings is 2. The molecule has 0 amide bonds. The van der Waals surface area contributed by atoms with Crippen molar-refractivity contribution >= 4 is 17.3 Å². The Hall–Kier alpha value is -2.89. The van der Waals surface area contributed by atoms with Crippen LogP contribution < -0.4 is 4.90 Å². The van der Waals surface area contributed by atoms with Crippen molar-refractivity contribution in [1.82, 2.24) is 0 Å². The molecular weight excluding hydrogens is 344 g/mol. The van der Waals surface area contributed by atoms with E-state index in [1.807, 2.05) is 19.9 Å². The molecule has 0 radical (unpaired) electrons. The predicted molar refractivity (Wildman–Crippen MR) is 106 cm³/mol.